The standard InChI is InChI=1S/C9H21NO3.C7H16N2.C5H13N.C4H11N.C4H10.CH4/c1-7(2)10(3)5-4-8(12)9(13)6-11;1-7(2)9-5-3-8-4-6-9;1-5(2)6(3)4;1-4(2)5-3;1-4(2)3;/h7-9,11-13H,4-6H2,1-3H3;7-8H,3-6H2,1-2H3;5H,1-4H3;4-5H,1-3H3;4H,1-3H3;1H4/t8-,9+;;;;;/m0...../s1. The Morgan fingerprint density at radius 2 is 1.16 bits per heavy atom. The number of aliphatic hydroxyl groups is 3. The van der Waals surface area contributed by atoms with Crippen molar-refractivity contribution < 1.29 is 15.3 Å². The van der Waals surface area contributed by atoms with E-state index in [0.717, 1.165) is 31.6 Å². The molecule has 1 fully saturated rings. The molecule has 0 unspecified atom stereocenters. The second-order valence-electron chi connectivity index (χ2n) is 11.8. The third kappa shape index (κ3) is 40.2. The van der Waals surface area contributed by atoms with Gasteiger partial charge in [-0.05, 0) is 82.1 Å². The van der Waals surface area contributed by atoms with Crippen molar-refractivity contribution in [2.24, 2.45) is 5.92 Å². The van der Waals surface area contributed by atoms with Gasteiger partial charge in [-0.2, -0.15) is 0 Å². The van der Waals surface area contributed by atoms with Crippen molar-refractivity contribution >= 4 is 0 Å². The van der Waals surface area contributed by atoms with Crippen molar-refractivity contribution in [1.82, 2.24) is 25.3 Å². The lowest BCUT2D eigenvalue weighted by Gasteiger charge is -2.30. The van der Waals surface area contributed by atoms with Crippen LogP contribution in [0, 0.1) is 5.92 Å². The van der Waals surface area contributed by atoms with Crippen molar-refractivity contribution in [3.8, 4) is 0 Å². The molecular weight excluding hydrogens is 478 g/mol. The van der Waals surface area contributed by atoms with Crippen LogP contribution in [0.5, 0.6) is 0 Å². The Morgan fingerprint density at radius 3 is 1.37 bits per heavy atom. The minimum Gasteiger partial charge on any atom is -0.394 e. The van der Waals surface area contributed by atoms with Crippen molar-refractivity contribution in [2.75, 3.05) is 67.5 Å². The lowest BCUT2D eigenvalue weighted by molar-refractivity contribution is -0.0213. The van der Waals surface area contributed by atoms with Crippen LogP contribution in [0.25, 0.3) is 0 Å². The van der Waals surface area contributed by atoms with E-state index in [1.807, 2.05) is 14.1 Å². The highest BCUT2D eigenvalue weighted by atomic mass is 16.4. The Morgan fingerprint density at radius 1 is 0.789 bits per heavy atom. The molecule has 0 aromatic carbocycles. The van der Waals surface area contributed by atoms with Crippen LogP contribution >= 0.6 is 0 Å². The molecule has 0 spiro atoms. The predicted molar refractivity (Wildman–Crippen MR) is 171 cm³/mol. The van der Waals surface area contributed by atoms with Crippen LogP contribution in [0.1, 0.15) is 90.0 Å². The van der Waals surface area contributed by atoms with Gasteiger partial charge in [0.15, 0.2) is 0 Å². The molecule has 0 radical (unpaired) electrons. The summed E-state index contributed by atoms with van der Waals surface area (Å²) in [7, 11) is 8.06. The summed E-state index contributed by atoms with van der Waals surface area (Å²) < 4.78 is 0. The normalized spacial score (nSPS) is 15.1. The highest BCUT2D eigenvalue weighted by molar-refractivity contribution is 4.70. The van der Waals surface area contributed by atoms with Crippen LogP contribution in [-0.4, -0.2) is 134 Å². The van der Waals surface area contributed by atoms with Crippen LogP contribution in [0.15, 0.2) is 0 Å². The van der Waals surface area contributed by atoms with Crippen molar-refractivity contribution in [3.63, 3.8) is 0 Å². The first kappa shape index (κ1) is 47.5. The van der Waals surface area contributed by atoms with E-state index in [1.165, 1.54) is 13.1 Å². The van der Waals surface area contributed by atoms with Crippen LogP contribution in [0.4, 0.5) is 0 Å². The lowest BCUT2D eigenvalue weighted by Crippen LogP contribution is -2.46. The zero-order chi connectivity index (χ0) is 30.1. The Kier molecular flexibility index (Phi) is 39.0. The van der Waals surface area contributed by atoms with E-state index in [4.69, 9.17) is 10.2 Å². The summed E-state index contributed by atoms with van der Waals surface area (Å²) in [4.78, 5) is 6.74. The molecule has 8 heteroatoms. The quantitative estimate of drug-likeness (QED) is 0.296. The Labute approximate surface area is 240 Å². The summed E-state index contributed by atoms with van der Waals surface area (Å²) in [6.07, 6.45) is -1.36. The average molecular weight is 554 g/mol. The average Bonchev–Trinajstić information content (AvgIpc) is 2.82. The zero-order valence-corrected chi connectivity index (χ0v) is 27.7. The molecule has 8 nitrogen and oxygen atoms in total. The van der Waals surface area contributed by atoms with Gasteiger partial charge in [-0.15, -0.1) is 0 Å². The van der Waals surface area contributed by atoms with E-state index >= 15 is 0 Å². The van der Waals surface area contributed by atoms with Gasteiger partial charge < -0.3 is 35.8 Å². The van der Waals surface area contributed by atoms with Gasteiger partial charge in [0.2, 0.25) is 0 Å². The van der Waals surface area contributed by atoms with Crippen molar-refractivity contribution in [3.05, 3.63) is 0 Å². The fraction of sp³-hybridized carbons (Fsp3) is 1.00. The molecule has 0 aliphatic carbocycles. The molecule has 1 aliphatic rings. The van der Waals surface area contributed by atoms with Crippen LogP contribution in [-0.2, 0) is 0 Å². The fourth-order valence-electron chi connectivity index (χ4n) is 2.11. The van der Waals surface area contributed by atoms with Crippen LogP contribution in [0.3, 0.4) is 0 Å². The maximum atomic E-state index is 9.31. The van der Waals surface area contributed by atoms with Crippen molar-refractivity contribution in [2.45, 2.75) is 126 Å². The molecule has 5 N–H and O–H groups in total. The van der Waals surface area contributed by atoms with Gasteiger partial charge in [0, 0.05) is 56.9 Å². The second-order valence-corrected chi connectivity index (χ2v) is 11.8. The number of aliphatic hydroxyl groups excluding tert-OH is 3. The summed E-state index contributed by atoms with van der Waals surface area (Å²) in [6, 6.07) is 2.48. The molecule has 1 aliphatic heterocycles. The number of hydrogen-bond donors (Lipinski definition) is 5. The first-order chi connectivity index (χ1) is 16.9. The van der Waals surface area contributed by atoms with E-state index < -0.39 is 12.2 Å². The smallest absolute Gasteiger partial charge is 0.103 e. The first-order valence-electron chi connectivity index (χ1n) is 14.4. The molecular formula is C30H75N5O3. The molecule has 0 aromatic heterocycles. The summed E-state index contributed by atoms with van der Waals surface area (Å²) >= 11 is 0. The van der Waals surface area contributed by atoms with Gasteiger partial charge in [0.1, 0.15) is 6.10 Å². The van der Waals surface area contributed by atoms with Crippen molar-refractivity contribution in [1.29, 1.82) is 0 Å². The largest absolute Gasteiger partial charge is 0.394 e. The van der Waals surface area contributed by atoms with E-state index in [9.17, 15) is 5.11 Å². The number of nitrogens with zero attached hydrogens (tertiary/aromatic N) is 3. The maximum absolute atomic E-state index is 9.31. The Bertz CT molecular complexity index is 421. The van der Waals surface area contributed by atoms with Crippen LogP contribution in [0.2, 0.25) is 0 Å². The molecule has 0 bridgehead atoms. The second kappa shape index (κ2) is 31.2. The summed E-state index contributed by atoms with van der Waals surface area (Å²) in [6.45, 7) is 28.8. The van der Waals surface area contributed by atoms with E-state index in [0.29, 0.717) is 24.5 Å². The Balaban J connectivity index is -0.000000127. The number of rotatable bonds is 9. The van der Waals surface area contributed by atoms with Gasteiger partial charge in [-0.3, -0.25) is 4.90 Å². The van der Waals surface area contributed by atoms with E-state index in [2.05, 4.69) is 116 Å². The molecule has 238 valence electrons. The SMILES string of the molecule is C.CC(C)C.CC(C)N(C)C.CC(C)N(C)CC[C@H](O)[C@H](O)CO.CC(C)N1CCNCC1.CNC(C)C. The number of hydrogen-bond acceptors (Lipinski definition) is 8. The lowest BCUT2D eigenvalue weighted by atomic mass is 10.1. The Hall–Kier alpha value is -0.320. The molecule has 38 heavy (non-hydrogen) atoms. The monoisotopic (exact) mass is 554 g/mol. The van der Waals surface area contributed by atoms with Gasteiger partial charge in [0.05, 0.1) is 12.7 Å². The molecule has 0 aromatic rings. The molecule has 0 saturated carbocycles. The topological polar surface area (TPSA) is 94.5 Å². The van der Waals surface area contributed by atoms with Gasteiger partial charge >= 0.3 is 0 Å². The molecule has 2 atom stereocenters. The van der Waals surface area contributed by atoms with E-state index in [-0.39, 0.29) is 14.0 Å². The zero-order valence-electron chi connectivity index (χ0n) is 27.7. The van der Waals surface area contributed by atoms with Crippen LogP contribution < -0.4 is 10.6 Å². The van der Waals surface area contributed by atoms with Gasteiger partial charge in [-0.1, -0.05) is 42.0 Å². The molecule has 0 amide bonds. The molecule has 1 saturated heterocycles. The van der Waals surface area contributed by atoms with E-state index in [1.54, 1.807) is 0 Å². The fourth-order valence-corrected chi connectivity index (χ4v) is 2.11. The van der Waals surface area contributed by atoms with Gasteiger partial charge in [-0.25, -0.2) is 0 Å². The summed E-state index contributed by atoms with van der Waals surface area (Å²) in [5.41, 5.74) is 0. The molecule has 1 rings (SSSR count). The minimum absolute atomic E-state index is 0. The highest BCUT2D eigenvalue weighted by Crippen LogP contribution is 2.02. The van der Waals surface area contributed by atoms with Gasteiger partial charge in [0.25, 0.3) is 0 Å². The summed E-state index contributed by atoms with van der Waals surface area (Å²) in [5.74, 6) is 0.833. The first-order valence-corrected chi connectivity index (χ1v) is 14.4. The number of nitrogens with one attached hydrogen (secondary N) is 2. The minimum atomic E-state index is -1.01. The summed E-state index contributed by atoms with van der Waals surface area (Å²) in [5, 5.41) is 33.3. The highest BCUT2D eigenvalue weighted by Gasteiger charge is 2.16. The predicted octanol–water partition coefficient (Wildman–Crippen LogP) is 3.60. The molecule has 1 heterocycles. The third-order valence-corrected chi connectivity index (χ3v) is 5.78. The maximum Gasteiger partial charge on any atom is 0.103 e. The number of piperazine rings is 1. The third-order valence-electron chi connectivity index (χ3n) is 5.78.